The first-order valence-electron chi connectivity index (χ1n) is 6.53. The Bertz CT molecular complexity index is 729. The summed E-state index contributed by atoms with van der Waals surface area (Å²) in [4.78, 5) is 14.0. The maximum absolute atomic E-state index is 11.8. The van der Waals surface area contributed by atoms with Crippen molar-refractivity contribution in [1.82, 2.24) is 15.1 Å². The Labute approximate surface area is 116 Å². The van der Waals surface area contributed by atoms with Crippen molar-refractivity contribution in [2.45, 2.75) is 19.5 Å². The van der Waals surface area contributed by atoms with Crippen LogP contribution in [0.15, 0.2) is 35.3 Å². The highest BCUT2D eigenvalue weighted by molar-refractivity contribution is 5.33. The van der Waals surface area contributed by atoms with Gasteiger partial charge in [0.25, 0.3) is 5.56 Å². The first-order chi connectivity index (χ1) is 9.76. The van der Waals surface area contributed by atoms with Gasteiger partial charge in [-0.3, -0.25) is 9.69 Å². The average molecular weight is 266 g/mol. The summed E-state index contributed by atoms with van der Waals surface area (Å²) in [6, 6.07) is 9.74. The molecule has 100 valence electrons. The fourth-order valence-corrected chi connectivity index (χ4v) is 2.56. The van der Waals surface area contributed by atoms with Gasteiger partial charge in [0.15, 0.2) is 0 Å². The third-order valence-electron chi connectivity index (χ3n) is 3.59. The number of nitriles is 1. The summed E-state index contributed by atoms with van der Waals surface area (Å²) >= 11 is 0. The molecule has 1 aliphatic heterocycles. The summed E-state index contributed by atoms with van der Waals surface area (Å²) in [6.45, 7) is 2.27. The molecule has 5 heteroatoms. The normalized spacial score (nSPS) is 14.6. The summed E-state index contributed by atoms with van der Waals surface area (Å²) < 4.78 is 0. The van der Waals surface area contributed by atoms with Gasteiger partial charge in [0, 0.05) is 25.2 Å². The zero-order valence-corrected chi connectivity index (χ0v) is 11.0. The van der Waals surface area contributed by atoms with Crippen molar-refractivity contribution in [3.05, 3.63) is 63.1 Å². The topological polar surface area (TPSA) is 72.8 Å². The van der Waals surface area contributed by atoms with Crippen LogP contribution in [0.25, 0.3) is 0 Å². The number of aromatic amines is 1. The number of H-pyrrole nitrogens is 1. The Morgan fingerprint density at radius 2 is 2.35 bits per heavy atom. The van der Waals surface area contributed by atoms with Crippen LogP contribution in [0.3, 0.4) is 0 Å². The quantitative estimate of drug-likeness (QED) is 0.886. The van der Waals surface area contributed by atoms with Crippen molar-refractivity contribution < 1.29 is 0 Å². The molecule has 0 spiro atoms. The van der Waals surface area contributed by atoms with E-state index in [4.69, 9.17) is 5.26 Å². The van der Waals surface area contributed by atoms with Crippen LogP contribution in [0.5, 0.6) is 0 Å². The molecular weight excluding hydrogens is 252 g/mol. The van der Waals surface area contributed by atoms with E-state index in [0.717, 1.165) is 36.2 Å². The zero-order chi connectivity index (χ0) is 13.9. The van der Waals surface area contributed by atoms with Crippen LogP contribution in [0.2, 0.25) is 0 Å². The maximum atomic E-state index is 11.8. The molecule has 2 heterocycles. The molecule has 1 N–H and O–H groups in total. The van der Waals surface area contributed by atoms with Gasteiger partial charge in [-0.2, -0.15) is 10.4 Å². The standard InChI is InChI=1S/C15H14N4O/c16-7-11-2-1-3-12(6-11)9-19-5-4-13-8-17-18-15(20)14(13)10-19/h1-3,6,8H,4-5,9-10H2,(H,18,20). The number of nitrogens with one attached hydrogen (secondary N) is 1. The molecular formula is C15H14N4O. The second-order valence-corrected chi connectivity index (χ2v) is 4.98. The van der Waals surface area contributed by atoms with Crippen molar-refractivity contribution in [3.8, 4) is 6.07 Å². The van der Waals surface area contributed by atoms with Crippen LogP contribution >= 0.6 is 0 Å². The molecule has 0 saturated carbocycles. The van der Waals surface area contributed by atoms with Crippen molar-refractivity contribution in [3.63, 3.8) is 0 Å². The van der Waals surface area contributed by atoms with E-state index in [9.17, 15) is 4.79 Å². The van der Waals surface area contributed by atoms with Gasteiger partial charge in [-0.15, -0.1) is 0 Å². The van der Waals surface area contributed by atoms with Crippen molar-refractivity contribution in [2.24, 2.45) is 0 Å². The van der Waals surface area contributed by atoms with Crippen molar-refractivity contribution in [2.75, 3.05) is 6.54 Å². The Morgan fingerprint density at radius 1 is 1.45 bits per heavy atom. The lowest BCUT2D eigenvalue weighted by atomic mass is 10.0. The molecule has 0 atom stereocenters. The molecule has 0 saturated heterocycles. The molecule has 5 nitrogen and oxygen atoms in total. The molecule has 0 fully saturated rings. The number of benzene rings is 1. The minimum atomic E-state index is -0.0991. The van der Waals surface area contributed by atoms with E-state index in [0.29, 0.717) is 12.1 Å². The van der Waals surface area contributed by atoms with Gasteiger partial charge in [0.05, 0.1) is 17.8 Å². The predicted molar refractivity (Wildman–Crippen MR) is 73.8 cm³/mol. The third-order valence-corrected chi connectivity index (χ3v) is 3.59. The number of hydrogen-bond donors (Lipinski definition) is 1. The van der Waals surface area contributed by atoms with Gasteiger partial charge < -0.3 is 0 Å². The highest BCUT2D eigenvalue weighted by atomic mass is 16.1. The molecule has 1 aromatic carbocycles. The smallest absolute Gasteiger partial charge is 0.268 e. The summed E-state index contributed by atoms with van der Waals surface area (Å²) in [5.74, 6) is 0. The highest BCUT2D eigenvalue weighted by Gasteiger charge is 2.19. The van der Waals surface area contributed by atoms with E-state index >= 15 is 0 Å². The van der Waals surface area contributed by atoms with E-state index in [2.05, 4.69) is 21.2 Å². The Kier molecular flexibility index (Phi) is 3.32. The largest absolute Gasteiger partial charge is 0.294 e. The van der Waals surface area contributed by atoms with Gasteiger partial charge in [-0.25, -0.2) is 5.10 Å². The summed E-state index contributed by atoms with van der Waals surface area (Å²) in [7, 11) is 0. The van der Waals surface area contributed by atoms with Crippen molar-refractivity contribution in [1.29, 1.82) is 5.26 Å². The lowest BCUT2D eigenvalue weighted by Gasteiger charge is -2.27. The molecule has 2 aromatic rings. The van der Waals surface area contributed by atoms with Gasteiger partial charge in [0.2, 0.25) is 0 Å². The van der Waals surface area contributed by atoms with Gasteiger partial charge in [0.1, 0.15) is 0 Å². The number of rotatable bonds is 2. The van der Waals surface area contributed by atoms with Crippen LogP contribution in [-0.2, 0) is 19.5 Å². The monoisotopic (exact) mass is 266 g/mol. The van der Waals surface area contributed by atoms with E-state index < -0.39 is 0 Å². The van der Waals surface area contributed by atoms with Gasteiger partial charge in [-0.1, -0.05) is 12.1 Å². The Balaban J connectivity index is 1.79. The third kappa shape index (κ3) is 2.46. The average Bonchev–Trinajstić information content (AvgIpc) is 2.48. The minimum Gasteiger partial charge on any atom is -0.294 e. The van der Waals surface area contributed by atoms with Crippen molar-refractivity contribution >= 4 is 0 Å². The molecule has 0 aliphatic carbocycles. The fraction of sp³-hybridized carbons (Fsp3) is 0.267. The van der Waals surface area contributed by atoms with E-state index in [1.54, 1.807) is 12.3 Å². The summed E-state index contributed by atoms with van der Waals surface area (Å²) in [5, 5.41) is 15.2. The number of nitrogens with zero attached hydrogens (tertiary/aromatic N) is 3. The lowest BCUT2D eigenvalue weighted by Crippen LogP contribution is -2.34. The van der Waals surface area contributed by atoms with Gasteiger partial charge >= 0.3 is 0 Å². The summed E-state index contributed by atoms with van der Waals surface area (Å²) in [5.41, 5.74) is 3.51. The van der Waals surface area contributed by atoms with E-state index in [1.807, 2.05) is 18.2 Å². The summed E-state index contributed by atoms with van der Waals surface area (Å²) in [6.07, 6.45) is 2.58. The first kappa shape index (κ1) is 12.6. The zero-order valence-electron chi connectivity index (χ0n) is 11.0. The van der Waals surface area contributed by atoms with E-state index in [-0.39, 0.29) is 5.56 Å². The lowest BCUT2D eigenvalue weighted by molar-refractivity contribution is 0.243. The Hall–Kier alpha value is -2.45. The minimum absolute atomic E-state index is 0.0991. The highest BCUT2D eigenvalue weighted by Crippen LogP contribution is 2.17. The second kappa shape index (κ2) is 5.27. The van der Waals surface area contributed by atoms with Crippen LogP contribution in [0.4, 0.5) is 0 Å². The molecule has 0 radical (unpaired) electrons. The molecule has 1 aliphatic rings. The first-order valence-corrected chi connectivity index (χ1v) is 6.53. The number of fused-ring (bicyclic) bond motifs is 1. The molecule has 0 bridgehead atoms. The number of aromatic nitrogens is 2. The van der Waals surface area contributed by atoms with E-state index in [1.165, 1.54) is 0 Å². The molecule has 0 unspecified atom stereocenters. The fourth-order valence-electron chi connectivity index (χ4n) is 2.56. The maximum Gasteiger partial charge on any atom is 0.268 e. The van der Waals surface area contributed by atoms with Crippen LogP contribution in [0.1, 0.15) is 22.3 Å². The van der Waals surface area contributed by atoms with Crippen LogP contribution < -0.4 is 5.56 Å². The molecule has 0 amide bonds. The van der Waals surface area contributed by atoms with Gasteiger partial charge in [-0.05, 0) is 29.7 Å². The molecule has 1 aromatic heterocycles. The van der Waals surface area contributed by atoms with Crippen LogP contribution in [-0.4, -0.2) is 21.6 Å². The molecule has 20 heavy (non-hydrogen) atoms. The molecule has 3 rings (SSSR count). The van der Waals surface area contributed by atoms with Crippen LogP contribution in [0, 0.1) is 11.3 Å². The second-order valence-electron chi connectivity index (χ2n) is 4.98. The number of hydrogen-bond acceptors (Lipinski definition) is 4. The SMILES string of the molecule is N#Cc1cccc(CN2CCc3cn[nH]c(=O)c3C2)c1. The predicted octanol–water partition coefficient (Wildman–Crippen LogP) is 1.20. The Morgan fingerprint density at radius 3 is 3.20 bits per heavy atom.